The second kappa shape index (κ2) is 6.34. The van der Waals surface area contributed by atoms with Crippen LogP contribution in [0, 0.1) is 0 Å². The van der Waals surface area contributed by atoms with Crippen LogP contribution in [0.4, 0.5) is 0 Å². The fourth-order valence-electron chi connectivity index (χ4n) is 2.68. The van der Waals surface area contributed by atoms with Crippen molar-refractivity contribution in [2.45, 2.75) is 38.6 Å². The molecule has 4 nitrogen and oxygen atoms in total. The van der Waals surface area contributed by atoms with Gasteiger partial charge in [-0.1, -0.05) is 12.8 Å². The van der Waals surface area contributed by atoms with Gasteiger partial charge in [0.1, 0.15) is 0 Å². The summed E-state index contributed by atoms with van der Waals surface area (Å²) in [5.74, 6) is 0.103. The third-order valence-corrected chi connectivity index (χ3v) is 4.25. The predicted octanol–water partition coefficient (Wildman–Crippen LogP) is 0.897. The van der Waals surface area contributed by atoms with E-state index in [0.29, 0.717) is 0 Å². The Bertz CT molecular complexity index is 326. The number of nitrogens with one attached hydrogen (secondary N) is 2. The molecule has 1 saturated heterocycles. The fourth-order valence-corrected chi connectivity index (χ4v) is 2.68. The first kappa shape index (κ1) is 13.6. The molecule has 0 spiro atoms. The highest BCUT2D eigenvalue weighted by molar-refractivity contribution is 5.93. The van der Waals surface area contributed by atoms with Crippen LogP contribution in [0.1, 0.15) is 32.6 Å². The number of rotatable bonds is 5. The van der Waals surface area contributed by atoms with Crippen LogP contribution in [0.15, 0.2) is 11.1 Å². The molecule has 0 aromatic rings. The Balaban J connectivity index is 1.66. The monoisotopic (exact) mass is 251 g/mol. The number of hydrogen-bond acceptors (Lipinski definition) is 3. The average molecular weight is 251 g/mol. The van der Waals surface area contributed by atoms with Crippen molar-refractivity contribution in [2.75, 3.05) is 33.2 Å². The number of likely N-dealkylation sites (N-methyl/N-ethyl adjacent to an activating group) is 1. The molecule has 18 heavy (non-hydrogen) atoms. The predicted molar refractivity (Wildman–Crippen MR) is 73.5 cm³/mol. The smallest absolute Gasteiger partial charge is 0.247 e. The summed E-state index contributed by atoms with van der Waals surface area (Å²) in [5, 5.41) is 6.18. The van der Waals surface area contributed by atoms with Gasteiger partial charge in [0.2, 0.25) is 5.91 Å². The van der Waals surface area contributed by atoms with E-state index in [-0.39, 0.29) is 5.91 Å². The minimum absolute atomic E-state index is 0.103. The minimum Gasteiger partial charge on any atom is -0.351 e. The quantitative estimate of drug-likeness (QED) is 0.714. The maximum absolute atomic E-state index is 11.9. The SMILES string of the molecule is CC(C(=O)NCCN(C)C1CCCC1)=C1CNC1. The number of hydrogen-bond donors (Lipinski definition) is 2. The minimum atomic E-state index is 0.103. The Kier molecular flexibility index (Phi) is 4.78. The molecule has 4 heteroatoms. The Morgan fingerprint density at radius 3 is 2.61 bits per heavy atom. The van der Waals surface area contributed by atoms with Crippen LogP contribution in [0.2, 0.25) is 0 Å². The normalized spacial score (nSPS) is 20.1. The molecule has 0 unspecified atom stereocenters. The summed E-state index contributed by atoms with van der Waals surface area (Å²) < 4.78 is 0. The summed E-state index contributed by atoms with van der Waals surface area (Å²) in [7, 11) is 2.17. The molecule has 1 amide bonds. The van der Waals surface area contributed by atoms with Gasteiger partial charge in [-0.3, -0.25) is 4.79 Å². The lowest BCUT2D eigenvalue weighted by atomic mass is 10.0. The van der Waals surface area contributed by atoms with E-state index in [2.05, 4.69) is 22.6 Å². The van der Waals surface area contributed by atoms with Crippen LogP contribution in [0.5, 0.6) is 0 Å². The van der Waals surface area contributed by atoms with E-state index in [9.17, 15) is 4.79 Å². The summed E-state index contributed by atoms with van der Waals surface area (Å²) in [4.78, 5) is 14.3. The Labute approximate surface area is 110 Å². The molecular weight excluding hydrogens is 226 g/mol. The lowest BCUT2D eigenvalue weighted by molar-refractivity contribution is -0.117. The van der Waals surface area contributed by atoms with Crippen LogP contribution in [-0.4, -0.2) is 50.1 Å². The molecule has 0 atom stereocenters. The van der Waals surface area contributed by atoms with Gasteiger partial charge >= 0.3 is 0 Å². The maximum atomic E-state index is 11.9. The van der Waals surface area contributed by atoms with Crippen molar-refractivity contribution in [1.29, 1.82) is 0 Å². The first-order chi connectivity index (χ1) is 8.68. The fraction of sp³-hybridized carbons (Fsp3) is 0.786. The molecule has 0 aromatic heterocycles. The van der Waals surface area contributed by atoms with Crippen molar-refractivity contribution in [3.63, 3.8) is 0 Å². The zero-order chi connectivity index (χ0) is 13.0. The van der Waals surface area contributed by atoms with Gasteiger partial charge in [0.15, 0.2) is 0 Å². The highest BCUT2D eigenvalue weighted by Crippen LogP contribution is 2.21. The van der Waals surface area contributed by atoms with Crippen molar-refractivity contribution < 1.29 is 4.79 Å². The number of nitrogens with zero attached hydrogens (tertiary/aromatic N) is 1. The van der Waals surface area contributed by atoms with E-state index in [4.69, 9.17) is 0 Å². The largest absolute Gasteiger partial charge is 0.351 e. The zero-order valence-corrected chi connectivity index (χ0v) is 11.6. The van der Waals surface area contributed by atoms with Crippen LogP contribution in [-0.2, 0) is 4.79 Å². The van der Waals surface area contributed by atoms with E-state index in [1.165, 1.54) is 31.3 Å². The van der Waals surface area contributed by atoms with Crippen LogP contribution >= 0.6 is 0 Å². The molecule has 1 heterocycles. The van der Waals surface area contributed by atoms with E-state index in [1.54, 1.807) is 0 Å². The maximum Gasteiger partial charge on any atom is 0.247 e. The van der Waals surface area contributed by atoms with E-state index < -0.39 is 0 Å². The van der Waals surface area contributed by atoms with E-state index in [0.717, 1.165) is 37.8 Å². The summed E-state index contributed by atoms with van der Waals surface area (Å²) >= 11 is 0. The topological polar surface area (TPSA) is 44.4 Å². The molecule has 0 radical (unpaired) electrons. The molecule has 2 rings (SSSR count). The highest BCUT2D eigenvalue weighted by Gasteiger charge is 2.19. The zero-order valence-electron chi connectivity index (χ0n) is 11.6. The van der Waals surface area contributed by atoms with Crippen molar-refractivity contribution >= 4 is 5.91 Å². The van der Waals surface area contributed by atoms with Crippen LogP contribution < -0.4 is 10.6 Å². The Morgan fingerprint density at radius 2 is 2.06 bits per heavy atom. The van der Waals surface area contributed by atoms with Gasteiger partial charge in [0, 0.05) is 37.8 Å². The number of carbonyl (C=O) groups excluding carboxylic acids is 1. The van der Waals surface area contributed by atoms with Crippen LogP contribution in [0.25, 0.3) is 0 Å². The van der Waals surface area contributed by atoms with Crippen LogP contribution in [0.3, 0.4) is 0 Å². The van der Waals surface area contributed by atoms with Gasteiger partial charge in [-0.15, -0.1) is 0 Å². The summed E-state index contributed by atoms with van der Waals surface area (Å²) in [6, 6.07) is 0.734. The molecule has 1 saturated carbocycles. The number of amides is 1. The second-order valence-electron chi connectivity index (χ2n) is 5.51. The standard InChI is InChI=1S/C14H25N3O/c1-11(12-9-15-10-12)14(18)16-7-8-17(2)13-5-3-4-6-13/h13,15H,3-10H2,1-2H3,(H,16,18). The second-order valence-corrected chi connectivity index (χ2v) is 5.51. The molecule has 2 fully saturated rings. The van der Waals surface area contributed by atoms with Gasteiger partial charge in [-0.2, -0.15) is 0 Å². The molecule has 1 aliphatic heterocycles. The molecular formula is C14H25N3O. The molecule has 0 aromatic carbocycles. The van der Waals surface area contributed by atoms with Crippen molar-refractivity contribution in [1.82, 2.24) is 15.5 Å². The third kappa shape index (κ3) is 3.33. The van der Waals surface area contributed by atoms with E-state index >= 15 is 0 Å². The molecule has 1 aliphatic carbocycles. The van der Waals surface area contributed by atoms with E-state index in [1.807, 2.05) is 6.92 Å². The van der Waals surface area contributed by atoms with Gasteiger partial charge in [-0.25, -0.2) is 0 Å². The number of carbonyl (C=O) groups is 1. The van der Waals surface area contributed by atoms with Crippen molar-refractivity contribution in [2.24, 2.45) is 0 Å². The van der Waals surface area contributed by atoms with Crippen molar-refractivity contribution in [3.8, 4) is 0 Å². The average Bonchev–Trinajstić information content (AvgIpc) is 2.79. The van der Waals surface area contributed by atoms with Gasteiger partial charge in [0.25, 0.3) is 0 Å². The van der Waals surface area contributed by atoms with Gasteiger partial charge in [0.05, 0.1) is 0 Å². The van der Waals surface area contributed by atoms with Gasteiger partial charge in [-0.05, 0) is 32.4 Å². The third-order valence-electron chi connectivity index (χ3n) is 4.25. The molecule has 102 valence electrons. The molecule has 2 aliphatic rings. The highest BCUT2D eigenvalue weighted by atomic mass is 16.1. The first-order valence-electron chi connectivity index (χ1n) is 7.06. The Hall–Kier alpha value is -0.870. The first-order valence-corrected chi connectivity index (χ1v) is 7.06. The Morgan fingerprint density at radius 1 is 1.39 bits per heavy atom. The lowest BCUT2D eigenvalue weighted by Crippen LogP contribution is -2.40. The molecule has 2 N–H and O–H groups in total. The summed E-state index contributed by atoms with van der Waals surface area (Å²) in [5.41, 5.74) is 2.15. The summed E-state index contributed by atoms with van der Waals surface area (Å²) in [6.45, 7) is 5.38. The van der Waals surface area contributed by atoms with Gasteiger partial charge < -0.3 is 15.5 Å². The molecule has 0 bridgehead atoms. The van der Waals surface area contributed by atoms with Crippen molar-refractivity contribution in [3.05, 3.63) is 11.1 Å². The summed E-state index contributed by atoms with van der Waals surface area (Å²) in [6.07, 6.45) is 5.36. The lowest BCUT2D eigenvalue weighted by Gasteiger charge is -2.24.